The van der Waals surface area contributed by atoms with Gasteiger partial charge in [0, 0.05) is 23.4 Å². The van der Waals surface area contributed by atoms with Crippen LogP contribution in [0.2, 0.25) is 0 Å². The predicted octanol–water partition coefficient (Wildman–Crippen LogP) is 5.26. The van der Waals surface area contributed by atoms with E-state index in [9.17, 15) is 4.79 Å². The molecule has 2 aromatic carbocycles. The molecular formula is C22H23BrN2O2S. The Bertz CT molecular complexity index is 927. The summed E-state index contributed by atoms with van der Waals surface area (Å²) in [6.07, 6.45) is 0. The smallest absolute Gasteiger partial charge is 0.193 e. The van der Waals surface area contributed by atoms with Gasteiger partial charge in [0.05, 0.1) is 17.1 Å². The van der Waals surface area contributed by atoms with E-state index in [1.54, 1.807) is 0 Å². The molecule has 146 valence electrons. The highest BCUT2D eigenvalue weighted by Gasteiger charge is 2.33. The van der Waals surface area contributed by atoms with Crippen LogP contribution >= 0.6 is 28.1 Å². The van der Waals surface area contributed by atoms with Crippen molar-refractivity contribution < 1.29 is 9.53 Å². The Kier molecular flexibility index (Phi) is 6.52. The quantitative estimate of drug-likeness (QED) is 0.472. The lowest BCUT2D eigenvalue weighted by Crippen LogP contribution is -2.47. The van der Waals surface area contributed by atoms with E-state index >= 15 is 0 Å². The van der Waals surface area contributed by atoms with Crippen LogP contribution in [0, 0.1) is 0 Å². The average Bonchev–Trinajstić information content (AvgIpc) is 2.70. The summed E-state index contributed by atoms with van der Waals surface area (Å²) in [7, 11) is 0. The monoisotopic (exact) mass is 458 g/mol. The summed E-state index contributed by atoms with van der Waals surface area (Å²) in [5, 5.41) is 3.99. The first-order valence-corrected chi connectivity index (χ1v) is 10.5. The maximum Gasteiger partial charge on any atom is 0.193 e. The lowest BCUT2D eigenvalue weighted by atomic mass is 9.89. The highest BCUT2D eigenvalue weighted by atomic mass is 79.9. The molecule has 4 nitrogen and oxygen atoms in total. The molecular weight excluding hydrogens is 436 g/mol. The van der Waals surface area contributed by atoms with Crippen molar-refractivity contribution in [3.8, 4) is 5.75 Å². The van der Waals surface area contributed by atoms with Gasteiger partial charge in [-0.3, -0.25) is 4.79 Å². The SMILES string of the molecule is CCOc1ccc(C2NC(=S)N(CC)C(C)=C2C(=O)c2ccccc2)cc1Br. The number of allylic oxidation sites excluding steroid dienone is 1. The van der Waals surface area contributed by atoms with Gasteiger partial charge in [0.25, 0.3) is 0 Å². The number of Topliss-reactive ketones (excluding diaryl/α,β-unsaturated/α-hetero) is 1. The summed E-state index contributed by atoms with van der Waals surface area (Å²) < 4.78 is 6.47. The zero-order valence-corrected chi connectivity index (χ0v) is 18.6. The molecule has 6 heteroatoms. The molecule has 0 aromatic heterocycles. The molecule has 1 aliphatic rings. The van der Waals surface area contributed by atoms with Crippen molar-refractivity contribution in [2.45, 2.75) is 26.8 Å². The van der Waals surface area contributed by atoms with E-state index in [0.717, 1.165) is 21.5 Å². The number of ether oxygens (including phenoxy) is 1. The van der Waals surface area contributed by atoms with E-state index < -0.39 is 0 Å². The van der Waals surface area contributed by atoms with Gasteiger partial charge in [-0.1, -0.05) is 36.4 Å². The van der Waals surface area contributed by atoms with Crippen LogP contribution in [0.1, 0.15) is 42.7 Å². The third kappa shape index (κ3) is 3.98. The van der Waals surface area contributed by atoms with E-state index in [-0.39, 0.29) is 11.8 Å². The highest BCUT2D eigenvalue weighted by Crippen LogP contribution is 2.36. The molecule has 0 spiro atoms. The number of nitrogens with one attached hydrogen (secondary N) is 1. The number of rotatable bonds is 6. The number of thiocarbonyl (C=S) groups is 1. The van der Waals surface area contributed by atoms with Gasteiger partial charge in [-0.05, 0) is 66.6 Å². The molecule has 1 atom stereocenters. The Morgan fingerprint density at radius 2 is 1.93 bits per heavy atom. The second kappa shape index (κ2) is 8.88. The molecule has 0 bridgehead atoms. The van der Waals surface area contributed by atoms with Gasteiger partial charge < -0.3 is 15.0 Å². The minimum absolute atomic E-state index is 0.00144. The van der Waals surface area contributed by atoms with Crippen molar-refractivity contribution in [3.63, 3.8) is 0 Å². The van der Waals surface area contributed by atoms with Gasteiger partial charge in [0.15, 0.2) is 10.9 Å². The molecule has 2 aromatic rings. The normalized spacial score (nSPS) is 16.8. The van der Waals surface area contributed by atoms with Crippen LogP contribution in [0.15, 0.2) is 64.3 Å². The maximum atomic E-state index is 13.4. The lowest BCUT2D eigenvalue weighted by Gasteiger charge is -2.37. The first-order chi connectivity index (χ1) is 13.5. The van der Waals surface area contributed by atoms with Crippen molar-refractivity contribution in [1.82, 2.24) is 10.2 Å². The molecule has 0 fully saturated rings. The van der Waals surface area contributed by atoms with Crippen LogP contribution in [-0.4, -0.2) is 28.9 Å². The molecule has 0 saturated carbocycles. The number of ketones is 1. The van der Waals surface area contributed by atoms with Crippen LogP contribution in [0.5, 0.6) is 5.75 Å². The minimum atomic E-state index is -0.324. The summed E-state index contributed by atoms with van der Waals surface area (Å²) in [4.78, 5) is 15.4. The summed E-state index contributed by atoms with van der Waals surface area (Å²) in [5.41, 5.74) is 3.21. The van der Waals surface area contributed by atoms with Crippen molar-refractivity contribution in [2.24, 2.45) is 0 Å². The topological polar surface area (TPSA) is 41.6 Å². The van der Waals surface area contributed by atoms with Crippen LogP contribution < -0.4 is 10.1 Å². The third-order valence-electron chi connectivity index (χ3n) is 4.78. The van der Waals surface area contributed by atoms with Crippen LogP contribution in [0.25, 0.3) is 0 Å². The molecule has 0 amide bonds. The molecule has 3 rings (SSSR count). The van der Waals surface area contributed by atoms with Gasteiger partial charge in [-0.2, -0.15) is 0 Å². The minimum Gasteiger partial charge on any atom is -0.493 e. The van der Waals surface area contributed by atoms with Crippen molar-refractivity contribution >= 4 is 39.0 Å². The number of nitrogens with zero attached hydrogens (tertiary/aromatic N) is 1. The Hall–Kier alpha value is -2.18. The Morgan fingerprint density at radius 3 is 2.54 bits per heavy atom. The van der Waals surface area contributed by atoms with Crippen LogP contribution in [0.4, 0.5) is 0 Å². The zero-order valence-electron chi connectivity index (χ0n) is 16.2. The zero-order chi connectivity index (χ0) is 20.3. The predicted molar refractivity (Wildman–Crippen MR) is 120 cm³/mol. The molecule has 0 radical (unpaired) electrons. The summed E-state index contributed by atoms with van der Waals surface area (Å²) in [5.74, 6) is 0.776. The van der Waals surface area contributed by atoms with E-state index in [1.807, 2.05) is 74.2 Å². The fourth-order valence-electron chi connectivity index (χ4n) is 3.42. The van der Waals surface area contributed by atoms with E-state index in [1.165, 1.54) is 0 Å². The van der Waals surface area contributed by atoms with Crippen LogP contribution in [-0.2, 0) is 0 Å². The average molecular weight is 459 g/mol. The van der Waals surface area contributed by atoms with Gasteiger partial charge in [-0.15, -0.1) is 0 Å². The largest absolute Gasteiger partial charge is 0.493 e. The fraction of sp³-hybridized carbons (Fsp3) is 0.273. The van der Waals surface area contributed by atoms with Crippen molar-refractivity contribution in [1.29, 1.82) is 0 Å². The summed E-state index contributed by atoms with van der Waals surface area (Å²) in [6, 6.07) is 14.9. The molecule has 1 unspecified atom stereocenters. The second-order valence-corrected chi connectivity index (χ2v) is 7.68. The van der Waals surface area contributed by atoms with E-state index in [2.05, 4.69) is 21.2 Å². The molecule has 1 N–H and O–H groups in total. The van der Waals surface area contributed by atoms with Gasteiger partial charge in [0.2, 0.25) is 0 Å². The number of carbonyl (C=O) groups excluding carboxylic acids is 1. The van der Waals surface area contributed by atoms with Gasteiger partial charge >= 0.3 is 0 Å². The first kappa shape index (κ1) is 20.6. The van der Waals surface area contributed by atoms with Crippen molar-refractivity contribution in [3.05, 3.63) is 75.4 Å². The Balaban J connectivity index is 2.10. The maximum absolute atomic E-state index is 13.4. The van der Waals surface area contributed by atoms with Crippen molar-refractivity contribution in [2.75, 3.05) is 13.2 Å². The molecule has 0 saturated heterocycles. The number of benzene rings is 2. The van der Waals surface area contributed by atoms with E-state index in [4.69, 9.17) is 17.0 Å². The van der Waals surface area contributed by atoms with E-state index in [0.29, 0.717) is 29.4 Å². The fourth-order valence-corrected chi connectivity index (χ4v) is 4.32. The number of hydrogen-bond acceptors (Lipinski definition) is 3. The summed E-state index contributed by atoms with van der Waals surface area (Å²) >= 11 is 9.15. The Labute approximate surface area is 179 Å². The highest BCUT2D eigenvalue weighted by molar-refractivity contribution is 9.10. The third-order valence-corrected chi connectivity index (χ3v) is 5.74. The van der Waals surface area contributed by atoms with Crippen LogP contribution in [0.3, 0.4) is 0 Å². The lowest BCUT2D eigenvalue weighted by molar-refractivity contribution is 0.102. The number of carbonyl (C=O) groups is 1. The molecule has 28 heavy (non-hydrogen) atoms. The first-order valence-electron chi connectivity index (χ1n) is 9.28. The summed E-state index contributed by atoms with van der Waals surface area (Å²) in [6.45, 7) is 7.22. The molecule has 0 aliphatic carbocycles. The molecule has 1 heterocycles. The van der Waals surface area contributed by atoms with Gasteiger partial charge in [-0.25, -0.2) is 0 Å². The molecule has 1 aliphatic heterocycles. The van der Waals surface area contributed by atoms with Gasteiger partial charge in [0.1, 0.15) is 5.75 Å². The number of hydrogen-bond donors (Lipinski definition) is 1. The second-order valence-electron chi connectivity index (χ2n) is 6.44. The Morgan fingerprint density at radius 1 is 1.21 bits per heavy atom. The number of halogens is 1. The standard InChI is InChI=1S/C22H23BrN2O2S/c1-4-25-14(3)19(21(26)15-9-7-6-8-10-15)20(24-22(25)28)16-11-12-18(27-5-2)17(23)13-16/h6-13,20H,4-5H2,1-3H3,(H,24,28).